The lowest BCUT2D eigenvalue weighted by Gasteiger charge is -2.22. The number of hydrogen-bond acceptors (Lipinski definition) is 5. The maximum atomic E-state index is 11.5. The molecule has 0 aliphatic heterocycles. The Hall–Kier alpha value is -1.50. The molecule has 1 aromatic heterocycles. The molecule has 0 saturated carbocycles. The highest BCUT2D eigenvalue weighted by atomic mass is 16.2. The number of tetrazole rings is 1. The van der Waals surface area contributed by atoms with Crippen molar-refractivity contribution in [3.05, 3.63) is 5.82 Å². The van der Waals surface area contributed by atoms with Crippen LogP contribution >= 0.6 is 0 Å². The largest absolute Gasteiger partial charge is 0.347 e. The molecule has 0 bridgehead atoms. The molecule has 0 spiro atoms. The van der Waals surface area contributed by atoms with E-state index in [1.54, 1.807) is 20.9 Å². The molecular formula is C7H14N6O. The standard InChI is InChI=1S/C7H14N6O/c1-7(2,8-3)6(14)9-4-5-10-12-13-11-5/h8H,4H2,1-3H3,(H,9,14)(H,10,11,12,13). The van der Waals surface area contributed by atoms with Crippen molar-refractivity contribution in [3.63, 3.8) is 0 Å². The van der Waals surface area contributed by atoms with Gasteiger partial charge in [0.25, 0.3) is 0 Å². The number of hydrogen-bond donors (Lipinski definition) is 3. The molecule has 14 heavy (non-hydrogen) atoms. The number of rotatable bonds is 4. The lowest BCUT2D eigenvalue weighted by atomic mass is 10.1. The number of H-pyrrole nitrogens is 1. The van der Waals surface area contributed by atoms with E-state index in [9.17, 15) is 4.79 Å². The Bertz CT molecular complexity index is 293. The maximum Gasteiger partial charge on any atom is 0.240 e. The second-order valence-corrected chi connectivity index (χ2v) is 3.39. The van der Waals surface area contributed by atoms with Crippen molar-refractivity contribution < 1.29 is 4.79 Å². The summed E-state index contributed by atoms with van der Waals surface area (Å²) in [6.07, 6.45) is 0. The summed E-state index contributed by atoms with van der Waals surface area (Å²) in [5.41, 5.74) is -0.594. The van der Waals surface area contributed by atoms with Crippen molar-refractivity contribution in [2.45, 2.75) is 25.9 Å². The van der Waals surface area contributed by atoms with Crippen molar-refractivity contribution in [1.29, 1.82) is 0 Å². The fourth-order valence-corrected chi connectivity index (χ4v) is 0.751. The molecule has 7 heteroatoms. The van der Waals surface area contributed by atoms with Gasteiger partial charge in [-0.2, -0.15) is 5.21 Å². The van der Waals surface area contributed by atoms with Gasteiger partial charge in [0.2, 0.25) is 5.91 Å². The molecule has 0 saturated heterocycles. The molecule has 1 rings (SSSR count). The number of likely N-dealkylation sites (N-methyl/N-ethyl adjacent to an activating group) is 1. The predicted octanol–water partition coefficient (Wildman–Crippen LogP) is -1.19. The lowest BCUT2D eigenvalue weighted by Crippen LogP contribution is -2.50. The third kappa shape index (κ3) is 2.49. The molecule has 0 fully saturated rings. The Balaban J connectivity index is 2.43. The summed E-state index contributed by atoms with van der Waals surface area (Å²) < 4.78 is 0. The van der Waals surface area contributed by atoms with E-state index >= 15 is 0 Å². The van der Waals surface area contributed by atoms with Crippen LogP contribution in [0.4, 0.5) is 0 Å². The zero-order chi connectivity index (χ0) is 10.6. The van der Waals surface area contributed by atoms with Crippen molar-refractivity contribution >= 4 is 5.91 Å². The topological polar surface area (TPSA) is 95.6 Å². The van der Waals surface area contributed by atoms with Crippen LogP contribution in [-0.4, -0.2) is 39.1 Å². The van der Waals surface area contributed by atoms with Gasteiger partial charge in [-0.3, -0.25) is 4.79 Å². The van der Waals surface area contributed by atoms with Gasteiger partial charge in [0.1, 0.15) is 0 Å². The van der Waals surface area contributed by atoms with E-state index in [1.165, 1.54) is 0 Å². The number of aromatic amines is 1. The van der Waals surface area contributed by atoms with Gasteiger partial charge in [-0.25, -0.2) is 0 Å². The first kappa shape index (κ1) is 10.6. The molecule has 3 N–H and O–H groups in total. The van der Waals surface area contributed by atoms with Gasteiger partial charge in [0.05, 0.1) is 12.1 Å². The zero-order valence-electron chi connectivity index (χ0n) is 8.46. The van der Waals surface area contributed by atoms with Crippen LogP contribution in [0.1, 0.15) is 19.7 Å². The molecule has 1 aromatic rings. The molecule has 78 valence electrons. The van der Waals surface area contributed by atoms with Gasteiger partial charge in [0.15, 0.2) is 5.82 Å². The highest BCUT2D eigenvalue weighted by Crippen LogP contribution is 2.00. The van der Waals surface area contributed by atoms with Crippen molar-refractivity contribution in [3.8, 4) is 0 Å². The number of carbonyl (C=O) groups excluding carboxylic acids is 1. The Morgan fingerprint density at radius 2 is 2.29 bits per heavy atom. The molecular weight excluding hydrogens is 184 g/mol. The van der Waals surface area contributed by atoms with Crippen LogP contribution in [0.15, 0.2) is 0 Å². The van der Waals surface area contributed by atoms with Crippen LogP contribution in [0.25, 0.3) is 0 Å². The van der Waals surface area contributed by atoms with Crippen molar-refractivity contribution in [2.75, 3.05) is 7.05 Å². The normalized spacial score (nSPS) is 11.4. The van der Waals surface area contributed by atoms with E-state index in [0.717, 1.165) is 0 Å². The number of nitrogens with one attached hydrogen (secondary N) is 3. The second kappa shape index (κ2) is 4.14. The monoisotopic (exact) mass is 198 g/mol. The fourth-order valence-electron chi connectivity index (χ4n) is 0.751. The van der Waals surface area contributed by atoms with E-state index in [2.05, 4.69) is 31.3 Å². The third-order valence-corrected chi connectivity index (χ3v) is 1.99. The Morgan fingerprint density at radius 1 is 1.57 bits per heavy atom. The van der Waals surface area contributed by atoms with Gasteiger partial charge in [0, 0.05) is 0 Å². The average molecular weight is 198 g/mol. The molecule has 0 unspecified atom stereocenters. The molecule has 1 heterocycles. The summed E-state index contributed by atoms with van der Waals surface area (Å²) >= 11 is 0. The van der Waals surface area contributed by atoms with E-state index < -0.39 is 5.54 Å². The minimum Gasteiger partial charge on any atom is -0.347 e. The van der Waals surface area contributed by atoms with E-state index in [4.69, 9.17) is 0 Å². The van der Waals surface area contributed by atoms with Crippen LogP contribution in [0, 0.1) is 0 Å². The first-order chi connectivity index (χ1) is 6.56. The minimum atomic E-state index is -0.594. The average Bonchev–Trinajstić information content (AvgIpc) is 2.66. The summed E-state index contributed by atoms with van der Waals surface area (Å²) in [5.74, 6) is 0.357. The number of carbonyl (C=O) groups is 1. The van der Waals surface area contributed by atoms with Gasteiger partial charge in [-0.15, -0.1) is 10.2 Å². The zero-order valence-corrected chi connectivity index (χ0v) is 8.46. The summed E-state index contributed by atoms with van der Waals surface area (Å²) in [5, 5.41) is 18.7. The van der Waals surface area contributed by atoms with Crippen molar-refractivity contribution in [1.82, 2.24) is 31.3 Å². The SMILES string of the molecule is CNC(C)(C)C(=O)NCc1nn[nH]n1. The summed E-state index contributed by atoms with van der Waals surface area (Å²) in [4.78, 5) is 11.5. The molecule has 0 aliphatic carbocycles. The second-order valence-electron chi connectivity index (χ2n) is 3.39. The summed E-state index contributed by atoms with van der Waals surface area (Å²) in [6, 6.07) is 0. The van der Waals surface area contributed by atoms with Crippen LogP contribution in [0.5, 0.6) is 0 Å². The first-order valence-corrected chi connectivity index (χ1v) is 4.26. The van der Waals surface area contributed by atoms with Crippen molar-refractivity contribution in [2.24, 2.45) is 0 Å². The summed E-state index contributed by atoms with van der Waals surface area (Å²) in [6.45, 7) is 3.86. The molecule has 0 aromatic carbocycles. The molecule has 0 atom stereocenters. The van der Waals surface area contributed by atoms with Crippen LogP contribution < -0.4 is 10.6 Å². The molecule has 0 radical (unpaired) electrons. The lowest BCUT2D eigenvalue weighted by molar-refractivity contribution is -0.126. The summed E-state index contributed by atoms with van der Waals surface area (Å²) in [7, 11) is 1.73. The Labute approximate surface area is 81.7 Å². The van der Waals surface area contributed by atoms with Gasteiger partial charge >= 0.3 is 0 Å². The number of aromatic nitrogens is 4. The molecule has 7 nitrogen and oxygen atoms in total. The molecule has 1 amide bonds. The van der Waals surface area contributed by atoms with Crippen LogP contribution in [-0.2, 0) is 11.3 Å². The smallest absolute Gasteiger partial charge is 0.240 e. The van der Waals surface area contributed by atoms with Gasteiger partial charge in [-0.05, 0) is 20.9 Å². The van der Waals surface area contributed by atoms with E-state index in [1.807, 2.05) is 0 Å². The number of amides is 1. The van der Waals surface area contributed by atoms with Crippen LogP contribution in [0.3, 0.4) is 0 Å². The maximum absolute atomic E-state index is 11.5. The van der Waals surface area contributed by atoms with Gasteiger partial charge in [-0.1, -0.05) is 5.21 Å². The van der Waals surface area contributed by atoms with E-state index in [-0.39, 0.29) is 12.5 Å². The minimum absolute atomic E-state index is 0.107. The highest BCUT2D eigenvalue weighted by Gasteiger charge is 2.24. The third-order valence-electron chi connectivity index (χ3n) is 1.99. The van der Waals surface area contributed by atoms with Gasteiger partial charge < -0.3 is 10.6 Å². The van der Waals surface area contributed by atoms with E-state index in [0.29, 0.717) is 5.82 Å². The Kier molecular flexibility index (Phi) is 3.13. The first-order valence-electron chi connectivity index (χ1n) is 4.26. The predicted molar refractivity (Wildman–Crippen MR) is 49.2 cm³/mol. The quantitative estimate of drug-likeness (QED) is 0.565. The number of nitrogens with zero attached hydrogens (tertiary/aromatic N) is 3. The van der Waals surface area contributed by atoms with Crippen LogP contribution in [0.2, 0.25) is 0 Å². The highest BCUT2D eigenvalue weighted by molar-refractivity contribution is 5.85. The fraction of sp³-hybridized carbons (Fsp3) is 0.714. The Morgan fingerprint density at radius 3 is 2.79 bits per heavy atom. The molecule has 0 aliphatic rings.